The summed E-state index contributed by atoms with van der Waals surface area (Å²) in [5, 5.41) is 0. The Morgan fingerprint density at radius 1 is 1.16 bits per heavy atom. The molecule has 25 heavy (non-hydrogen) atoms. The molecule has 1 aromatic heterocycles. The molecule has 2 rings (SSSR count). The fraction of sp³-hybridized carbons (Fsp3) is 0.389. The maximum Gasteiger partial charge on any atom is 0.312 e. The van der Waals surface area contributed by atoms with Gasteiger partial charge in [-0.2, -0.15) is 0 Å². The Kier molecular flexibility index (Phi) is 6.52. The predicted octanol–water partition coefficient (Wildman–Crippen LogP) is 3.72. The zero-order chi connectivity index (χ0) is 18.4. The number of rotatable bonds is 6. The van der Waals surface area contributed by atoms with Crippen LogP contribution in [0.4, 0.5) is 5.69 Å². The van der Waals surface area contributed by atoms with E-state index in [9.17, 15) is 9.59 Å². The van der Waals surface area contributed by atoms with E-state index >= 15 is 0 Å². The Morgan fingerprint density at radius 3 is 2.48 bits per heavy atom. The standard InChI is InChI=1S/C18H22N2O4S/c1-5-14-17(24-16(22)7-3)20(15(21)6-2)18(25-14)19-12-10-8-9-11-13(12)23-4/h8-11H,5-7H2,1-4H3. The molecular weight excluding hydrogens is 340 g/mol. The van der Waals surface area contributed by atoms with E-state index in [1.165, 1.54) is 15.9 Å². The second kappa shape index (κ2) is 8.62. The molecule has 0 amide bonds. The van der Waals surface area contributed by atoms with Gasteiger partial charge < -0.3 is 9.47 Å². The molecule has 0 atom stereocenters. The Bertz CT molecular complexity index is 836. The number of carbonyl (C=O) groups is 2. The van der Waals surface area contributed by atoms with E-state index in [4.69, 9.17) is 9.47 Å². The number of nitrogens with zero attached hydrogens (tertiary/aromatic N) is 2. The predicted molar refractivity (Wildman–Crippen MR) is 96.7 cm³/mol. The maximum absolute atomic E-state index is 12.5. The first-order chi connectivity index (χ1) is 12.0. The van der Waals surface area contributed by atoms with Crippen molar-refractivity contribution in [3.05, 3.63) is 33.9 Å². The van der Waals surface area contributed by atoms with Crippen LogP contribution in [0.3, 0.4) is 0 Å². The summed E-state index contributed by atoms with van der Waals surface area (Å²) in [6.07, 6.45) is 1.14. The lowest BCUT2D eigenvalue weighted by molar-refractivity contribution is -0.134. The number of hydrogen-bond acceptors (Lipinski definition) is 6. The molecular formula is C18H22N2O4S. The first-order valence-corrected chi connectivity index (χ1v) is 9.03. The van der Waals surface area contributed by atoms with Gasteiger partial charge in [0.2, 0.25) is 11.8 Å². The van der Waals surface area contributed by atoms with Crippen molar-refractivity contribution in [3.8, 4) is 11.6 Å². The molecule has 7 heteroatoms. The van der Waals surface area contributed by atoms with E-state index in [2.05, 4.69) is 4.99 Å². The summed E-state index contributed by atoms with van der Waals surface area (Å²) in [6.45, 7) is 5.42. The molecule has 0 saturated carbocycles. The van der Waals surface area contributed by atoms with Crippen LogP contribution in [0.1, 0.15) is 43.3 Å². The van der Waals surface area contributed by atoms with Crippen LogP contribution < -0.4 is 14.3 Å². The number of thiazole rings is 1. The third-order valence-electron chi connectivity index (χ3n) is 3.52. The summed E-state index contributed by atoms with van der Waals surface area (Å²) in [7, 11) is 1.57. The minimum Gasteiger partial charge on any atom is -0.494 e. The highest BCUT2D eigenvalue weighted by Gasteiger charge is 2.21. The molecule has 0 aliphatic carbocycles. The van der Waals surface area contributed by atoms with Gasteiger partial charge in [-0.15, -0.1) is 0 Å². The van der Waals surface area contributed by atoms with E-state index in [1.54, 1.807) is 27.0 Å². The third kappa shape index (κ3) is 4.17. The largest absolute Gasteiger partial charge is 0.494 e. The average Bonchev–Trinajstić information content (AvgIpc) is 2.98. The van der Waals surface area contributed by atoms with Gasteiger partial charge in [-0.05, 0) is 18.6 Å². The second-order valence-electron chi connectivity index (χ2n) is 5.16. The van der Waals surface area contributed by atoms with E-state index in [-0.39, 0.29) is 30.6 Å². The molecule has 2 aromatic rings. The number of para-hydroxylation sites is 2. The Morgan fingerprint density at radius 2 is 1.88 bits per heavy atom. The minimum atomic E-state index is -0.381. The number of carbonyl (C=O) groups excluding carboxylic acids is 2. The summed E-state index contributed by atoms with van der Waals surface area (Å²) < 4.78 is 12.2. The van der Waals surface area contributed by atoms with Crippen LogP contribution in [0.2, 0.25) is 0 Å². The van der Waals surface area contributed by atoms with Crippen LogP contribution in [-0.4, -0.2) is 23.6 Å². The lowest BCUT2D eigenvalue weighted by Gasteiger charge is -2.08. The number of aromatic nitrogens is 1. The van der Waals surface area contributed by atoms with Crippen molar-refractivity contribution in [3.63, 3.8) is 0 Å². The lowest BCUT2D eigenvalue weighted by atomic mass is 10.3. The van der Waals surface area contributed by atoms with E-state index in [0.29, 0.717) is 22.7 Å². The first kappa shape index (κ1) is 18.9. The van der Waals surface area contributed by atoms with Gasteiger partial charge in [0.05, 0.1) is 12.0 Å². The van der Waals surface area contributed by atoms with E-state index < -0.39 is 0 Å². The monoisotopic (exact) mass is 362 g/mol. The molecule has 0 saturated heterocycles. The summed E-state index contributed by atoms with van der Waals surface area (Å²) >= 11 is 1.34. The Balaban J connectivity index is 2.70. The van der Waals surface area contributed by atoms with Gasteiger partial charge in [0, 0.05) is 12.8 Å². The highest BCUT2D eigenvalue weighted by atomic mass is 32.1. The topological polar surface area (TPSA) is 69.9 Å². The zero-order valence-electron chi connectivity index (χ0n) is 14.9. The van der Waals surface area contributed by atoms with E-state index in [0.717, 1.165) is 4.88 Å². The number of benzene rings is 1. The van der Waals surface area contributed by atoms with Crippen LogP contribution >= 0.6 is 11.3 Å². The molecule has 0 bridgehead atoms. The van der Waals surface area contributed by atoms with Gasteiger partial charge in [0.1, 0.15) is 11.4 Å². The van der Waals surface area contributed by atoms with Crippen LogP contribution in [-0.2, 0) is 11.2 Å². The number of aryl methyl sites for hydroxylation is 1. The number of esters is 1. The fourth-order valence-corrected chi connectivity index (χ4v) is 3.20. The second-order valence-corrected chi connectivity index (χ2v) is 6.22. The zero-order valence-corrected chi connectivity index (χ0v) is 15.7. The quantitative estimate of drug-likeness (QED) is 0.735. The molecule has 0 N–H and O–H groups in total. The normalized spacial score (nSPS) is 11.4. The molecule has 0 unspecified atom stereocenters. The number of hydrogen-bond donors (Lipinski definition) is 0. The molecule has 1 heterocycles. The van der Waals surface area contributed by atoms with Gasteiger partial charge in [-0.1, -0.05) is 44.2 Å². The third-order valence-corrected chi connectivity index (χ3v) is 4.69. The van der Waals surface area contributed by atoms with Crippen molar-refractivity contribution in [2.45, 2.75) is 40.0 Å². The summed E-state index contributed by atoms with van der Waals surface area (Å²) in [4.78, 5) is 30.1. The van der Waals surface area contributed by atoms with Crippen molar-refractivity contribution in [1.29, 1.82) is 0 Å². The summed E-state index contributed by atoms with van der Waals surface area (Å²) in [6, 6.07) is 7.31. The molecule has 134 valence electrons. The molecule has 0 spiro atoms. The van der Waals surface area contributed by atoms with Crippen molar-refractivity contribution in [2.24, 2.45) is 4.99 Å². The average molecular weight is 362 g/mol. The van der Waals surface area contributed by atoms with E-state index in [1.807, 2.05) is 25.1 Å². The van der Waals surface area contributed by atoms with Gasteiger partial charge >= 0.3 is 5.97 Å². The van der Waals surface area contributed by atoms with Gasteiger partial charge in [0.15, 0.2) is 4.80 Å². The lowest BCUT2D eigenvalue weighted by Crippen LogP contribution is -2.24. The van der Waals surface area contributed by atoms with Crippen molar-refractivity contribution in [1.82, 2.24) is 4.57 Å². The highest BCUT2D eigenvalue weighted by molar-refractivity contribution is 7.09. The summed E-state index contributed by atoms with van der Waals surface area (Å²) in [5.74, 6) is 0.328. The van der Waals surface area contributed by atoms with Crippen LogP contribution in [0.15, 0.2) is 29.3 Å². The Labute approximate surface area is 150 Å². The molecule has 1 aromatic carbocycles. The smallest absolute Gasteiger partial charge is 0.312 e. The van der Waals surface area contributed by atoms with Gasteiger partial charge in [0.25, 0.3) is 0 Å². The number of methoxy groups -OCH3 is 1. The van der Waals surface area contributed by atoms with Gasteiger partial charge in [-0.25, -0.2) is 9.56 Å². The van der Waals surface area contributed by atoms with Crippen LogP contribution in [0, 0.1) is 0 Å². The maximum atomic E-state index is 12.5. The molecule has 0 fully saturated rings. The van der Waals surface area contributed by atoms with Crippen LogP contribution in [0.5, 0.6) is 11.6 Å². The minimum absolute atomic E-state index is 0.177. The van der Waals surface area contributed by atoms with Crippen molar-refractivity contribution >= 4 is 28.9 Å². The van der Waals surface area contributed by atoms with Crippen molar-refractivity contribution < 1.29 is 19.1 Å². The molecule has 6 nitrogen and oxygen atoms in total. The van der Waals surface area contributed by atoms with Crippen LogP contribution in [0.25, 0.3) is 0 Å². The highest BCUT2D eigenvalue weighted by Crippen LogP contribution is 2.28. The SMILES string of the molecule is CCC(=O)Oc1c(CC)sc(=Nc2ccccc2OC)n1C(=O)CC. The summed E-state index contributed by atoms with van der Waals surface area (Å²) in [5.41, 5.74) is 0.611. The fourth-order valence-electron chi connectivity index (χ4n) is 2.19. The van der Waals surface area contributed by atoms with Gasteiger partial charge in [-0.3, -0.25) is 9.59 Å². The molecule has 0 aliphatic rings. The molecule has 0 aliphatic heterocycles. The first-order valence-electron chi connectivity index (χ1n) is 8.21. The Hall–Kier alpha value is -2.41. The van der Waals surface area contributed by atoms with Crippen molar-refractivity contribution in [2.75, 3.05) is 7.11 Å². The molecule has 0 radical (unpaired) electrons. The number of ether oxygens (including phenoxy) is 2.